The fraction of sp³-hybridized carbons (Fsp3) is 0.381. The van der Waals surface area contributed by atoms with Gasteiger partial charge in [0.05, 0.1) is 11.4 Å². The zero-order valence-electron chi connectivity index (χ0n) is 15.5. The van der Waals surface area contributed by atoms with E-state index in [1.54, 1.807) is 34.2 Å². The van der Waals surface area contributed by atoms with Gasteiger partial charge in [-0.15, -0.1) is 11.3 Å². The van der Waals surface area contributed by atoms with Crippen molar-refractivity contribution < 1.29 is 9.18 Å². The van der Waals surface area contributed by atoms with Gasteiger partial charge in [0.2, 0.25) is 0 Å². The molecule has 0 aliphatic carbocycles. The van der Waals surface area contributed by atoms with Gasteiger partial charge in [0.15, 0.2) is 5.82 Å². The molecule has 0 spiro atoms. The third-order valence-corrected chi connectivity index (χ3v) is 7.21. The van der Waals surface area contributed by atoms with E-state index < -0.39 is 5.82 Å². The normalized spacial score (nSPS) is 16.8. The van der Waals surface area contributed by atoms with Crippen molar-refractivity contribution in [2.75, 3.05) is 4.90 Å². The summed E-state index contributed by atoms with van der Waals surface area (Å²) in [5.74, 6) is 2.35. The third kappa shape index (κ3) is 3.23. The number of aromatic nitrogens is 2. The summed E-state index contributed by atoms with van der Waals surface area (Å²) in [7, 11) is 1.75. The summed E-state index contributed by atoms with van der Waals surface area (Å²) >= 11 is 1.57. The average Bonchev–Trinajstić information content (AvgIpc) is 3.36. The molecule has 0 N–H and O–H groups in total. The van der Waals surface area contributed by atoms with Gasteiger partial charge in [0.1, 0.15) is 5.52 Å². The van der Waals surface area contributed by atoms with Crippen molar-refractivity contribution in [2.45, 2.75) is 45.4 Å². The molecular weight excluding hydrogens is 386 g/mol. The number of hydrogen-bond donors (Lipinski definition) is 0. The third-order valence-electron chi connectivity index (χ3n) is 5.88. The number of thiophene rings is 1. The summed E-state index contributed by atoms with van der Waals surface area (Å²) in [6.07, 6.45) is 5.66. The van der Waals surface area contributed by atoms with Crippen molar-refractivity contribution >= 4 is 40.5 Å². The highest BCUT2D eigenvalue weighted by Crippen LogP contribution is 2.42. The van der Waals surface area contributed by atoms with E-state index in [0.29, 0.717) is 29.1 Å². The lowest BCUT2D eigenvalue weighted by Crippen LogP contribution is -2.23. The molecule has 0 radical (unpaired) electrons. The molecule has 1 amide bonds. The number of fused-ring (bicyclic) bond motifs is 2. The number of amides is 1. The summed E-state index contributed by atoms with van der Waals surface area (Å²) in [6, 6.07) is 5.37. The van der Waals surface area contributed by atoms with Gasteiger partial charge in [-0.2, -0.15) is 5.10 Å². The van der Waals surface area contributed by atoms with E-state index in [-0.39, 0.29) is 20.0 Å². The molecule has 1 fully saturated rings. The van der Waals surface area contributed by atoms with Gasteiger partial charge < -0.3 is 4.90 Å². The number of aryl methyl sites for hydroxylation is 1. The zero-order valence-corrected chi connectivity index (χ0v) is 16.3. The van der Waals surface area contributed by atoms with E-state index in [9.17, 15) is 9.18 Å². The number of hydrogen-bond acceptors (Lipinski definition) is 4. The predicted molar refractivity (Wildman–Crippen MR) is 115 cm³/mol. The smallest absolute Gasteiger partial charge is 0.269 e. The molecule has 1 saturated heterocycles. The van der Waals surface area contributed by atoms with Crippen LogP contribution in [0.25, 0.3) is 10.9 Å². The van der Waals surface area contributed by atoms with Crippen LogP contribution in [-0.4, -0.2) is 22.4 Å². The fourth-order valence-electron chi connectivity index (χ4n) is 4.38. The van der Waals surface area contributed by atoms with Gasteiger partial charge in [-0.05, 0) is 29.7 Å². The first-order chi connectivity index (χ1) is 13.5. The van der Waals surface area contributed by atoms with E-state index >= 15 is 0 Å². The van der Waals surface area contributed by atoms with Gasteiger partial charge >= 0.3 is 0 Å². The van der Waals surface area contributed by atoms with Crippen molar-refractivity contribution in [3.05, 3.63) is 45.5 Å². The van der Waals surface area contributed by atoms with Crippen LogP contribution in [0.2, 0.25) is 12.6 Å². The lowest BCUT2D eigenvalue weighted by Gasteiger charge is -2.22. The van der Waals surface area contributed by atoms with Crippen LogP contribution in [-0.2, 0) is 13.6 Å². The second-order valence-corrected chi connectivity index (χ2v) is 8.82. The average molecular weight is 408 g/mol. The molecule has 148 valence electrons. The summed E-state index contributed by atoms with van der Waals surface area (Å²) in [5.41, 5.74) is 1.92. The van der Waals surface area contributed by atoms with Crippen LogP contribution in [0.5, 0.6) is 0 Å². The van der Waals surface area contributed by atoms with Crippen LogP contribution in [0.15, 0.2) is 24.4 Å². The molecule has 2 aliphatic rings. The summed E-state index contributed by atoms with van der Waals surface area (Å²) in [6.45, 7) is 0.654. The number of anilines is 1. The lowest BCUT2D eigenvalue weighted by molar-refractivity contribution is 0.1000. The molecule has 4 heterocycles. The van der Waals surface area contributed by atoms with Gasteiger partial charge in [0, 0.05) is 35.2 Å². The molecule has 29 heavy (non-hydrogen) atoms. The number of benzene rings is 1. The fourth-order valence-corrected chi connectivity index (χ4v) is 5.67. The van der Waals surface area contributed by atoms with E-state index in [4.69, 9.17) is 5.26 Å². The minimum absolute atomic E-state index is 0. The Morgan fingerprint density at radius 3 is 2.76 bits per heavy atom. The SMILES string of the molecule is C.Cn1cc2cc(N3Cc4cc(C5CCB(C#N)CC5)sc4C3=O)cc(F)c2n1. The van der Waals surface area contributed by atoms with Crippen LogP contribution in [0.4, 0.5) is 10.1 Å². The van der Waals surface area contributed by atoms with E-state index in [0.717, 1.165) is 35.9 Å². The minimum Gasteiger partial charge on any atom is -0.303 e. The molecule has 2 aromatic heterocycles. The predicted octanol–water partition coefficient (Wildman–Crippen LogP) is 5.01. The maximum absolute atomic E-state index is 14.4. The molecule has 5 rings (SSSR count). The Labute approximate surface area is 173 Å². The Kier molecular flexibility index (Phi) is 4.95. The minimum atomic E-state index is -0.411. The van der Waals surface area contributed by atoms with Crippen molar-refractivity contribution in [3.63, 3.8) is 0 Å². The molecule has 0 unspecified atom stereocenters. The lowest BCUT2D eigenvalue weighted by atomic mass is 9.42. The second-order valence-electron chi connectivity index (χ2n) is 7.74. The molecule has 0 saturated carbocycles. The monoisotopic (exact) mass is 408 g/mol. The number of nitriles is 1. The molecule has 8 heteroatoms. The number of carbonyl (C=O) groups is 1. The van der Waals surface area contributed by atoms with Gasteiger partial charge in [-0.25, -0.2) is 9.65 Å². The Morgan fingerprint density at radius 2 is 2.07 bits per heavy atom. The highest BCUT2D eigenvalue weighted by Gasteiger charge is 2.34. The van der Waals surface area contributed by atoms with E-state index in [1.807, 2.05) is 6.07 Å². The summed E-state index contributed by atoms with van der Waals surface area (Å²) in [5, 5.41) is 13.9. The molecule has 0 bridgehead atoms. The van der Waals surface area contributed by atoms with E-state index in [2.05, 4.69) is 17.1 Å². The Hall–Kier alpha value is -2.66. The van der Waals surface area contributed by atoms with Crippen LogP contribution >= 0.6 is 11.3 Å². The summed E-state index contributed by atoms with van der Waals surface area (Å²) < 4.78 is 16.0. The van der Waals surface area contributed by atoms with Crippen LogP contribution in [0.1, 0.15) is 46.3 Å². The molecule has 5 nitrogen and oxygen atoms in total. The molecule has 2 aliphatic heterocycles. The molecular formula is C21H22BFN4OS. The zero-order chi connectivity index (χ0) is 19.4. The highest BCUT2D eigenvalue weighted by molar-refractivity contribution is 7.14. The molecule has 1 aromatic carbocycles. The number of halogens is 1. The Bertz CT molecular complexity index is 1140. The highest BCUT2D eigenvalue weighted by atomic mass is 32.1. The van der Waals surface area contributed by atoms with Crippen molar-refractivity contribution in [1.29, 1.82) is 5.26 Å². The second kappa shape index (κ2) is 7.31. The van der Waals surface area contributed by atoms with E-state index in [1.165, 1.54) is 10.9 Å². The van der Waals surface area contributed by atoms with Crippen molar-refractivity contribution in [3.8, 4) is 5.97 Å². The summed E-state index contributed by atoms with van der Waals surface area (Å²) in [4.78, 5) is 16.7. The van der Waals surface area contributed by atoms with Crippen LogP contribution in [0.3, 0.4) is 0 Å². The molecule has 0 atom stereocenters. The first-order valence-corrected chi connectivity index (χ1v) is 10.3. The van der Waals surface area contributed by atoms with Crippen molar-refractivity contribution in [2.24, 2.45) is 7.05 Å². The Balaban J connectivity index is 0.00000205. The number of nitrogens with zero attached hydrogens (tertiary/aromatic N) is 4. The van der Waals surface area contributed by atoms with Crippen LogP contribution < -0.4 is 4.90 Å². The number of carbonyl (C=O) groups excluding carboxylic acids is 1. The topological polar surface area (TPSA) is 61.9 Å². The first kappa shape index (κ1) is 19.7. The van der Waals surface area contributed by atoms with Crippen LogP contribution in [0, 0.1) is 17.0 Å². The van der Waals surface area contributed by atoms with Gasteiger partial charge in [0.25, 0.3) is 12.6 Å². The maximum Gasteiger partial charge on any atom is 0.269 e. The largest absolute Gasteiger partial charge is 0.303 e. The maximum atomic E-state index is 14.4. The number of rotatable bonds is 2. The standard InChI is InChI=1S/C20H18BFN4OS.CH4/c1-25-9-13-6-15(8-16(22)18(13)24-25)26-10-14-7-17(28-19(14)20(26)27)12-2-4-21(11-23)5-3-12;/h6-9,12H,2-5,10H2,1H3;1H4. The molecule has 3 aromatic rings. The van der Waals surface area contributed by atoms with Crippen molar-refractivity contribution in [1.82, 2.24) is 9.78 Å². The Morgan fingerprint density at radius 1 is 1.31 bits per heavy atom. The quantitative estimate of drug-likeness (QED) is 0.561. The first-order valence-electron chi connectivity index (χ1n) is 9.50. The van der Waals surface area contributed by atoms with Gasteiger partial charge in [-0.1, -0.05) is 32.9 Å². The van der Waals surface area contributed by atoms with Gasteiger partial charge in [-0.3, -0.25) is 9.48 Å².